The average Bonchev–Trinajstić information content (AvgIpc) is 3.07. The van der Waals surface area contributed by atoms with Gasteiger partial charge in [0.1, 0.15) is 19.0 Å². The monoisotopic (exact) mass is 778 g/mol. The van der Waals surface area contributed by atoms with Crippen molar-refractivity contribution in [2.24, 2.45) is 0 Å². The lowest BCUT2D eigenvalue weighted by Gasteiger charge is -2.11. The van der Waals surface area contributed by atoms with E-state index in [1.165, 1.54) is 48.5 Å². The van der Waals surface area contributed by atoms with E-state index in [0.717, 1.165) is 12.1 Å². The molecule has 4 aromatic carbocycles. The summed E-state index contributed by atoms with van der Waals surface area (Å²) in [5, 5.41) is 5.23. The third-order valence-corrected chi connectivity index (χ3v) is 7.70. The number of nitrogens with one attached hydrogen (secondary N) is 2. The summed E-state index contributed by atoms with van der Waals surface area (Å²) in [6.45, 7) is -0.960. The Morgan fingerprint density at radius 1 is 0.700 bits per heavy atom. The number of carbonyl (C=O) groups excluding carboxylic acids is 4. The van der Waals surface area contributed by atoms with Crippen LogP contribution in [0.25, 0.3) is 0 Å². The van der Waals surface area contributed by atoms with Crippen LogP contribution in [0.1, 0.15) is 37.4 Å². The molecule has 0 fully saturated rings. The molecular formula is C35H28BrClF4N2O7. The molecule has 0 bridgehead atoms. The zero-order valence-electron chi connectivity index (χ0n) is 26.0. The van der Waals surface area contributed by atoms with E-state index in [0.29, 0.717) is 27.0 Å². The van der Waals surface area contributed by atoms with Crippen LogP contribution < -0.4 is 10.6 Å². The predicted octanol–water partition coefficient (Wildman–Crippen LogP) is 7.65. The first-order valence-corrected chi connectivity index (χ1v) is 15.9. The van der Waals surface area contributed by atoms with E-state index in [4.69, 9.17) is 25.8 Å². The lowest BCUT2D eigenvalue weighted by Crippen LogP contribution is -2.20. The quantitative estimate of drug-likeness (QED) is 0.0672. The number of hydrogen-bond acceptors (Lipinski definition) is 9. The molecule has 0 spiro atoms. The number of Topliss-reactive ketones (excluding diaryl/α,β-unsaturated/α-hetero) is 2. The van der Waals surface area contributed by atoms with E-state index in [-0.39, 0.29) is 62.2 Å². The molecule has 15 heteroatoms. The van der Waals surface area contributed by atoms with Crippen molar-refractivity contribution in [1.82, 2.24) is 0 Å². The van der Waals surface area contributed by atoms with Crippen molar-refractivity contribution >= 4 is 62.4 Å². The fourth-order valence-electron chi connectivity index (χ4n) is 4.29. The van der Waals surface area contributed by atoms with E-state index in [2.05, 4.69) is 26.6 Å². The van der Waals surface area contributed by atoms with Gasteiger partial charge < -0.3 is 24.8 Å². The van der Waals surface area contributed by atoms with Crippen molar-refractivity contribution in [3.8, 4) is 0 Å². The van der Waals surface area contributed by atoms with E-state index in [1.54, 1.807) is 24.3 Å². The zero-order chi connectivity index (χ0) is 36.3. The maximum Gasteiger partial charge on any atom is 0.417 e. The molecule has 262 valence electrons. The number of ketones is 2. The molecule has 4 aromatic rings. The van der Waals surface area contributed by atoms with Crippen LogP contribution in [-0.4, -0.2) is 49.8 Å². The lowest BCUT2D eigenvalue weighted by atomic mass is 10.1. The molecule has 0 aromatic heterocycles. The van der Waals surface area contributed by atoms with Gasteiger partial charge >= 0.3 is 18.1 Å². The molecule has 0 aliphatic carbocycles. The van der Waals surface area contributed by atoms with E-state index >= 15 is 0 Å². The molecule has 0 atom stereocenters. The van der Waals surface area contributed by atoms with Gasteiger partial charge in [0.15, 0.2) is 11.6 Å². The summed E-state index contributed by atoms with van der Waals surface area (Å²) in [6.07, 6.45) is -4.58. The molecule has 0 aliphatic rings. The smallest absolute Gasteiger partial charge is 0.386 e. The van der Waals surface area contributed by atoms with Crippen molar-refractivity contribution < 1.29 is 51.0 Å². The molecule has 0 radical (unpaired) electrons. The minimum absolute atomic E-state index is 0.0250. The second-order valence-corrected chi connectivity index (χ2v) is 11.9. The molecule has 0 saturated carbocycles. The fourth-order valence-corrected chi connectivity index (χ4v) is 4.85. The zero-order valence-corrected chi connectivity index (χ0v) is 28.3. The second kappa shape index (κ2) is 17.9. The molecule has 50 heavy (non-hydrogen) atoms. The summed E-state index contributed by atoms with van der Waals surface area (Å²) in [6, 6.07) is 19.6. The molecule has 0 aliphatic heterocycles. The van der Waals surface area contributed by atoms with Crippen LogP contribution in [0.5, 0.6) is 0 Å². The normalized spacial score (nSPS) is 11.2. The SMILES string of the molecule is O=C(CNc1cccc(C(=O)OC(=O)c2cccc(NCC(=O)COCc3ccc(C(F)(F)F)c(Cl)c3)c2)c1)COCc1ccc(Br)c(F)c1. The number of anilines is 2. The van der Waals surface area contributed by atoms with Crippen molar-refractivity contribution in [3.63, 3.8) is 0 Å². The molecule has 0 unspecified atom stereocenters. The highest BCUT2D eigenvalue weighted by molar-refractivity contribution is 9.10. The Morgan fingerprint density at radius 2 is 1.20 bits per heavy atom. The number of esters is 2. The Bertz CT molecular complexity index is 1870. The first kappa shape index (κ1) is 38.2. The number of benzene rings is 4. The van der Waals surface area contributed by atoms with Gasteiger partial charge in [0.25, 0.3) is 0 Å². The standard InChI is InChI=1S/C35H28BrClF4N2O7/c36-30-10-8-22(12-32(30)38)18-49-20-28(45)16-43-26-6-2-4-24(14-26)34(47)50-33(46)23-3-1-5-25(13-23)42-15-27(44)19-48-17-21-7-9-29(31(37)11-21)35(39,40)41/h1-14,42-43H,15-20H2. The third-order valence-electron chi connectivity index (χ3n) is 6.75. The van der Waals surface area contributed by atoms with Gasteiger partial charge in [-0.2, -0.15) is 13.2 Å². The maximum absolute atomic E-state index is 13.6. The van der Waals surface area contributed by atoms with Crippen LogP contribution in [0.2, 0.25) is 5.02 Å². The first-order valence-electron chi connectivity index (χ1n) is 14.7. The average molecular weight is 780 g/mol. The van der Waals surface area contributed by atoms with Crippen LogP contribution in [0, 0.1) is 5.82 Å². The Morgan fingerprint density at radius 3 is 1.68 bits per heavy atom. The van der Waals surface area contributed by atoms with Crippen molar-refractivity contribution in [2.75, 3.05) is 36.9 Å². The van der Waals surface area contributed by atoms with Gasteiger partial charge in [-0.25, -0.2) is 14.0 Å². The molecular weight excluding hydrogens is 752 g/mol. The maximum atomic E-state index is 13.6. The van der Waals surface area contributed by atoms with Crippen molar-refractivity contribution in [2.45, 2.75) is 19.4 Å². The van der Waals surface area contributed by atoms with Crippen LogP contribution >= 0.6 is 27.5 Å². The number of hydrogen-bond donors (Lipinski definition) is 2. The number of ether oxygens (including phenoxy) is 3. The number of halogens is 6. The van der Waals surface area contributed by atoms with Gasteiger partial charge in [-0.1, -0.05) is 35.9 Å². The van der Waals surface area contributed by atoms with Crippen LogP contribution in [-0.2, 0) is 43.2 Å². The Balaban J connectivity index is 1.19. The number of carbonyl (C=O) groups is 4. The molecule has 4 rings (SSSR count). The fraction of sp³-hybridized carbons (Fsp3) is 0.200. The summed E-state index contributed by atoms with van der Waals surface area (Å²) in [5.74, 6) is -3.00. The summed E-state index contributed by atoms with van der Waals surface area (Å²) in [5.41, 5.74) is 0.814. The summed E-state index contributed by atoms with van der Waals surface area (Å²) >= 11 is 8.77. The van der Waals surface area contributed by atoms with E-state index in [9.17, 15) is 36.7 Å². The van der Waals surface area contributed by atoms with Gasteiger partial charge in [-0.3, -0.25) is 9.59 Å². The van der Waals surface area contributed by atoms with Crippen molar-refractivity contribution in [3.05, 3.63) is 128 Å². The van der Waals surface area contributed by atoms with Gasteiger partial charge in [-0.05, 0) is 87.7 Å². The Hall–Kier alpha value is -4.63. The summed E-state index contributed by atoms with van der Waals surface area (Å²) in [4.78, 5) is 49.9. The minimum atomic E-state index is -4.58. The molecule has 2 N–H and O–H groups in total. The molecule has 0 amide bonds. The topological polar surface area (TPSA) is 120 Å². The largest absolute Gasteiger partial charge is 0.417 e. The number of rotatable bonds is 16. The van der Waals surface area contributed by atoms with E-state index in [1.807, 2.05) is 0 Å². The first-order chi connectivity index (χ1) is 23.8. The molecule has 0 saturated heterocycles. The third kappa shape index (κ3) is 11.8. The van der Waals surface area contributed by atoms with Gasteiger partial charge in [0.05, 0.1) is 52.5 Å². The Kier molecular flexibility index (Phi) is 13.6. The highest BCUT2D eigenvalue weighted by Crippen LogP contribution is 2.35. The second-order valence-electron chi connectivity index (χ2n) is 10.7. The van der Waals surface area contributed by atoms with Crippen LogP contribution in [0.3, 0.4) is 0 Å². The van der Waals surface area contributed by atoms with Gasteiger partial charge in [0, 0.05) is 11.4 Å². The summed E-state index contributed by atoms with van der Waals surface area (Å²) < 4.78 is 68.2. The van der Waals surface area contributed by atoms with E-state index < -0.39 is 34.5 Å². The van der Waals surface area contributed by atoms with Gasteiger partial charge in [-0.15, -0.1) is 0 Å². The van der Waals surface area contributed by atoms with Gasteiger partial charge in [0.2, 0.25) is 0 Å². The summed E-state index contributed by atoms with van der Waals surface area (Å²) in [7, 11) is 0. The number of alkyl halides is 3. The predicted molar refractivity (Wildman–Crippen MR) is 179 cm³/mol. The molecule has 0 heterocycles. The van der Waals surface area contributed by atoms with Crippen LogP contribution in [0.4, 0.5) is 28.9 Å². The molecule has 9 nitrogen and oxygen atoms in total. The highest BCUT2D eigenvalue weighted by Gasteiger charge is 2.33. The highest BCUT2D eigenvalue weighted by atomic mass is 79.9. The van der Waals surface area contributed by atoms with Crippen molar-refractivity contribution in [1.29, 1.82) is 0 Å². The Labute approximate surface area is 297 Å². The lowest BCUT2D eigenvalue weighted by molar-refractivity contribution is -0.137. The van der Waals surface area contributed by atoms with Crippen LogP contribution in [0.15, 0.2) is 89.4 Å². The minimum Gasteiger partial charge on any atom is -0.386 e.